The molecular weight excluding hydrogens is 252 g/mol. The molecule has 0 saturated heterocycles. The second-order valence-electron chi connectivity index (χ2n) is 3.26. The van der Waals surface area contributed by atoms with E-state index < -0.39 is 5.97 Å². The first kappa shape index (κ1) is 14.4. The smallest absolute Gasteiger partial charge is 0.344 e. The van der Waals surface area contributed by atoms with E-state index in [-0.39, 0.29) is 6.61 Å². The van der Waals surface area contributed by atoms with Gasteiger partial charge in [-0.1, -0.05) is 17.4 Å². The predicted molar refractivity (Wildman–Crippen MR) is 71.3 cm³/mol. The Hall–Kier alpha value is -1.69. The Morgan fingerprint density at radius 2 is 2.33 bits per heavy atom. The van der Waals surface area contributed by atoms with E-state index >= 15 is 0 Å². The molecule has 0 radical (unpaired) electrons. The van der Waals surface area contributed by atoms with E-state index in [0.29, 0.717) is 12.5 Å². The van der Waals surface area contributed by atoms with Crippen LogP contribution in [-0.4, -0.2) is 30.1 Å². The van der Waals surface area contributed by atoms with Gasteiger partial charge in [0.1, 0.15) is 5.00 Å². The van der Waals surface area contributed by atoms with Crippen molar-refractivity contribution in [2.24, 2.45) is 4.99 Å². The molecule has 0 aliphatic carbocycles. The van der Waals surface area contributed by atoms with E-state index in [2.05, 4.69) is 9.98 Å². The first-order chi connectivity index (χ1) is 8.65. The van der Waals surface area contributed by atoms with Crippen LogP contribution < -0.4 is 0 Å². The lowest BCUT2D eigenvalue weighted by Gasteiger charge is -2.04. The predicted octanol–water partition coefficient (Wildman–Crippen LogP) is 2.64. The van der Waals surface area contributed by atoms with Crippen molar-refractivity contribution in [3.8, 4) is 0 Å². The highest BCUT2D eigenvalue weighted by molar-refractivity contribution is 7.15. The van der Waals surface area contributed by atoms with Crippen molar-refractivity contribution in [2.75, 3.05) is 13.2 Å². The Labute approximate surface area is 110 Å². The van der Waals surface area contributed by atoms with Crippen molar-refractivity contribution >= 4 is 28.2 Å². The highest BCUT2D eigenvalue weighted by Crippen LogP contribution is 2.21. The van der Waals surface area contributed by atoms with Gasteiger partial charge < -0.3 is 9.47 Å². The molecule has 0 atom stereocenters. The number of hydrogen-bond donors (Lipinski definition) is 0. The molecule has 0 aliphatic heterocycles. The van der Waals surface area contributed by atoms with Crippen LogP contribution in [0.4, 0.5) is 5.00 Å². The Morgan fingerprint density at radius 1 is 1.56 bits per heavy atom. The quantitative estimate of drug-likeness (QED) is 0.468. The number of aromatic nitrogens is 1. The Kier molecular flexibility index (Phi) is 6.07. The zero-order valence-electron chi connectivity index (χ0n) is 10.7. The summed E-state index contributed by atoms with van der Waals surface area (Å²) in [6.45, 7) is 5.69. The average molecular weight is 268 g/mol. The summed E-state index contributed by atoms with van der Waals surface area (Å²) in [6.07, 6.45) is 5.14. The summed E-state index contributed by atoms with van der Waals surface area (Å²) in [6, 6.07) is 0. The lowest BCUT2D eigenvalue weighted by Crippen LogP contribution is -2.15. The molecule has 6 heteroatoms. The van der Waals surface area contributed by atoms with Crippen LogP contribution in [0.1, 0.15) is 18.9 Å². The first-order valence-electron chi connectivity index (χ1n) is 5.58. The molecule has 0 aromatic carbocycles. The first-order valence-corrected chi connectivity index (χ1v) is 6.39. The molecule has 0 fully saturated rings. The lowest BCUT2D eigenvalue weighted by molar-refractivity contribution is -0.145. The van der Waals surface area contributed by atoms with E-state index in [0.717, 1.165) is 10.0 Å². The van der Waals surface area contributed by atoms with Crippen LogP contribution >= 0.6 is 11.3 Å². The number of rotatable bonds is 5. The van der Waals surface area contributed by atoms with Crippen molar-refractivity contribution in [3.63, 3.8) is 0 Å². The maximum atomic E-state index is 11.2. The molecule has 98 valence electrons. The maximum absolute atomic E-state index is 11.2. The average Bonchev–Trinajstić information content (AvgIpc) is 2.72. The van der Waals surface area contributed by atoms with Gasteiger partial charge in [0, 0.05) is 0 Å². The summed E-state index contributed by atoms with van der Waals surface area (Å²) < 4.78 is 10.0. The summed E-state index contributed by atoms with van der Waals surface area (Å²) in [7, 11) is 0. The molecule has 5 nitrogen and oxygen atoms in total. The van der Waals surface area contributed by atoms with Gasteiger partial charge in [-0.3, -0.25) is 0 Å². The largest absolute Gasteiger partial charge is 0.466 e. The molecule has 0 spiro atoms. The van der Waals surface area contributed by atoms with Gasteiger partial charge in [-0.2, -0.15) is 0 Å². The van der Waals surface area contributed by atoms with Crippen LogP contribution in [-0.2, 0) is 14.3 Å². The third-order valence-electron chi connectivity index (χ3n) is 1.78. The van der Waals surface area contributed by atoms with Crippen LogP contribution in [0, 0.1) is 6.92 Å². The molecule has 0 amide bonds. The van der Waals surface area contributed by atoms with E-state index in [1.807, 2.05) is 13.8 Å². The summed E-state index contributed by atoms with van der Waals surface area (Å²) in [5.74, 6) is -0.0376. The Balaban J connectivity index is 2.65. The minimum atomic E-state index is -0.407. The molecule has 0 saturated carbocycles. The Morgan fingerprint density at radius 3 is 2.89 bits per heavy atom. The number of aliphatic imine (C=N–C) groups is 1. The summed E-state index contributed by atoms with van der Waals surface area (Å²) in [4.78, 5) is 19.5. The Bertz CT molecular complexity index is 452. The van der Waals surface area contributed by atoms with Crippen LogP contribution in [0.15, 0.2) is 23.3 Å². The topological polar surface area (TPSA) is 60.8 Å². The van der Waals surface area contributed by atoms with E-state index in [1.54, 1.807) is 25.3 Å². The number of ether oxygens (including phenoxy) is 2. The number of nitrogens with zero attached hydrogens (tertiary/aromatic N) is 2. The van der Waals surface area contributed by atoms with Gasteiger partial charge in [-0.15, -0.1) is 0 Å². The fourth-order valence-corrected chi connectivity index (χ4v) is 1.76. The van der Waals surface area contributed by atoms with E-state index in [9.17, 15) is 4.79 Å². The van der Waals surface area contributed by atoms with Gasteiger partial charge in [-0.05, 0) is 26.8 Å². The van der Waals surface area contributed by atoms with Crippen molar-refractivity contribution in [1.29, 1.82) is 0 Å². The summed E-state index contributed by atoms with van der Waals surface area (Å²) >= 11 is 1.46. The lowest BCUT2D eigenvalue weighted by atomic mass is 10.5. The van der Waals surface area contributed by atoms with Crippen LogP contribution in [0.25, 0.3) is 0 Å². The molecule has 18 heavy (non-hydrogen) atoms. The number of carbonyl (C=O) groups excluding carboxylic acids is 1. The second kappa shape index (κ2) is 7.60. The van der Waals surface area contributed by atoms with Crippen LogP contribution in [0.3, 0.4) is 0 Å². The molecule has 0 unspecified atom stereocenters. The number of esters is 1. The highest BCUT2D eigenvalue weighted by Gasteiger charge is 2.05. The fraction of sp³-hybridized carbons (Fsp3) is 0.417. The molecule has 1 heterocycles. The highest BCUT2D eigenvalue weighted by atomic mass is 32.1. The number of allylic oxidation sites excluding steroid dienone is 1. The molecule has 0 aliphatic rings. The SMILES string of the molecule is C/C=C\C(=N/c1cnc(C)s1)OCC(=O)OCC. The fourth-order valence-electron chi connectivity index (χ4n) is 1.11. The summed E-state index contributed by atoms with van der Waals surface area (Å²) in [5, 5.41) is 1.67. The van der Waals surface area contributed by atoms with Gasteiger partial charge >= 0.3 is 5.97 Å². The molecular formula is C12H16N2O3S. The monoisotopic (exact) mass is 268 g/mol. The van der Waals surface area contributed by atoms with Crippen molar-refractivity contribution in [1.82, 2.24) is 4.98 Å². The molecule has 1 aromatic rings. The van der Waals surface area contributed by atoms with Crippen molar-refractivity contribution in [2.45, 2.75) is 20.8 Å². The number of carbonyl (C=O) groups is 1. The van der Waals surface area contributed by atoms with Gasteiger partial charge in [0.15, 0.2) is 6.61 Å². The minimum Gasteiger partial charge on any atom is -0.466 e. The van der Waals surface area contributed by atoms with Gasteiger partial charge in [0.2, 0.25) is 5.90 Å². The molecule has 1 rings (SSSR count). The third-order valence-corrected chi connectivity index (χ3v) is 2.59. The zero-order chi connectivity index (χ0) is 13.4. The number of thiazole rings is 1. The molecule has 0 bridgehead atoms. The van der Waals surface area contributed by atoms with Crippen LogP contribution in [0.5, 0.6) is 0 Å². The number of aryl methyl sites for hydroxylation is 1. The van der Waals surface area contributed by atoms with E-state index in [4.69, 9.17) is 9.47 Å². The second-order valence-corrected chi connectivity index (χ2v) is 4.47. The van der Waals surface area contributed by atoms with Crippen molar-refractivity contribution in [3.05, 3.63) is 23.4 Å². The zero-order valence-corrected chi connectivity index (χ0v) is 11.5. The van der Waals surface area contributed by atoms with Gasteiger partial charge in [0.25, 0.3) is 0 Å². The van der Waals surface area contributed by atoms with Gasteiger partial charge in [0.05, 0.1) is 17.8 Å². The van der Waals surface area contributed by atoms with Crippen LogP contribution in [0.2, 0.25) is 0 Å². The molecule has 0 N–H and O–H groups in total. The normalized spacial score (nSPS) is 11.8. The number of hydrogen-bond acceptors (Lipinski definition) is 6. The maximum Gasteiger partial charge on any atom is 0.344 e. The third kappa shape index (κ3) is 5.09. The standard InChI is InChI=1S/C12H16N2O3S/c1-4-6-10(17-8-12(15)16-5-2)14-11-7-13-9(3)18-11/h4,6-7H,5,8H2,1-3H3/b6-4-,14-10+. The van der Waals surface area contributed by atoms with Gasteiger partial charge in [-0.25, -0.2) is 14.8 Å². The summed E-state index contributed by atoms with van der Waals surface area (Å²) in [5.41, 5.74) is 0. The minimum absolute atomic E-state index is 0.144. The van der Waals surface area contributed by atoms with E-state index in [1.165, 1.54) is 11.3 Å². The molecule has 1 aromatic heterocycles. The van der Waals surface area contributed by atoms with Crippen molar-refractivity contribution < 1.29 is 14.3 Å².